The van der Waals surface area contributed by atoms with E-state index in [4.69, 9.17) is 4.74 Å². The second kappa shape index (κ2) is 62.6. The number of allylic oxidation sites excluding steroid dienone is 5. The minimum atomic E-state index is -0.848. The largest absolute Gasteiger partial charge is 0.466 e. The van der Waals surface area contributed by atoms with Gasteiger partial charge in [-0.05, 0) is 64.2 Å². The van der Waals surface area contributed by atoms with Gasteiger partial charge in [-0.2, -0.15) is 0 Å². The summed E-state index contributed by atoms with van der Waals surface area (Å²) in [6.45, 7) is 4.90. The average molecular weight is 1030 g/mol. The molecule has 430 valence electrons. The van der Waals surface area contributed by atoms with Gasteiger partial charge >= 0.3 is 5.97 Å². The minimum absolute atomic E-state index is 0.00139. The molecule has 1 amide bonds. The van der Waals surface area contributed by atoms with E-state index in [2.05, 4.69) is 43.5 Å². The summed E-state index contributed by atoms with van der Waals surface area (Å²) in [5.74, 6) is -0.0670. The topological polar surface area (TPSA) is 95.9 Å². The highest BCUT2D eigenvalue weighted by Gasteiger charge is 2.18. The van der Waals surface area contributed by atoms with Crippen molar-refractivity contribution in [3.05, 3.63) is 36.5 Å². The number of aliphatic hydroxyl groups is 2. The summed E-state index contributed by atoms with van der Waals surface area (Å²) < 4.78 is 5.49. The van der Waals surface area contributed by atoms with Crippen LogP contribution in [0.15, 0.2) is 36.5 Å². The Morgan fingerprint density at radius 3 is 1.05 bits per heavy atom. The molecule has 0 saturated carbocycles. The molecule has 0 aromatic rings. The standard InChI is InChI=1S/C67H127NO5/c1-3-5-7-9-11-13-15-17-19-21-24-27-31-35-39-43-47-51-55-59-65(70)64(63-69)68-66(71)60-56-52-48-44-40-36-32-28-25-23-26-30-34-38-42-46-50-54-58-62-73-67(72)61-57-53-49-45-41-37-33-29-22-20-18-16-14-12-10-8-6-4-2/h14,16,20,22,55,59,64-65,69-70H,3-13,15,17-19,21,23-54,56-58,60-63H2,1-2H3,(H,68,71)/b16-14-,22-20-,59-55+. The van der Waals surface area contributed by atoms with Gasteiger partial charge in [0.2, 0.25) is 5.91 Å². The molecule has 6 heteroatoms. The van der Waals surface area contributed by atoms with E-state index in [1.54, 1.807) is 6.08 Å². The number of nitrogens with one attached hydrogen (secondary N) is 1. The van der Waals surface area contributed by atoms with Crippen LogP contribution in [0.2, 0.25) is 0 Å². The maximum atomic E-state index is 12.5. The molecule has 73 heavy (non-hydrogen) atoms. The van der Waals surface area contributed by atoms with Gasteiger partial charge in [0.15, 0.2) is 0 Å². The van der Waals surface area contributed by atoms with Gasteiger partial charge < -0.3 is 20.3 Å². The van der Waals surface area contributed by atoms with E-state index in [9.17, 15) is 19.8 Å². The molecule has 0 fully saturated rings. The zero-order valence-corrected chi connectivity index (χ0v) is 49.1. The Morgan fingerprint density at radius 2 is 0.685 bits per heavy atom. The van der Waals surface area contributed by atoms with Crippen LogP contribution >= 0.6 is 0 Å². The van der Waals surface area contributed by atoms with Crippen molar-refractivity contribution >= 4 is 11.9 Å². The van der Waals surface area contributed by atoms with E-state index in [1.807, 2.05) is 6.08 Å². The van der Waals surface area contributed by atoms with Gasteiger partial charge in [-0.15, -0.1) is 0 Å². The molecule has 0 aliphatic heterocycles. The lowest BCUT2D eigenvalue weighted by atomic mass is 10.0. The van der Waals surface area contributed by atoms with Crippen molar-refractivity contribution in [3.8, 4) is 0 Å². The van der Waals surface area contributed by atoms with Crippen LogP contribution < -0.4 is 5.32 Å². The van der Waals surface area contributed by atoms with Crippen molar-refractivity contribution in [2.75, 3.05) is 13.2 Å². The molecule has 0 saturated heterocycles. The zero-order chi connectivity index (χ0) is 52.9. The van der Waals surface area contributed by atoms with Crippen LogP contribution in [0.25, 0.3) is 0 Å². The summed E-state index contributed by atoms with van der Waals surface area (Å²) in [5, 5.41) is 23.2. The third kappa shape index (κ3) is 59.2. The summed E-state index contributed by atoms with van der Waals surface area (Å²) >= 11 is 0. The number of ether oxygens (including phenoxy) is 1. The molecule has 2 atom stereocenters. The maximum absolute atomic E-state index is 12.5. The Morgan fingerprint density at radius 1 is 0.384 bits per heavy atom. The Hall–Kier alpha value is -1.92. The molecule has 0 spiro atoms. The second-order valence-electron chi connectivity index (χ2n) is 22.5. The summed E-state index contributed by atoms with van der Waals surface area (Å²) in [7, 11) is 0. The van der Waals surface area contributed by atoms with Crippen LogP contribution in [-0.2, 0) is 14.3 Å². The van der Waals surface area contributed by atoms with Gasteiger partial charge in [-0.25, -0.2) is 0 Å². The Labute approximate surface area is 455 Å². The molecular formula is C67H127NO5. The van der Waals surface area contributed by atoms with Crippen LogP contribution in [0, 0.1) is 0 Å². The molecule has 0 rings (SSSR count). The third-order valence-corrected chi connectivity index (χ3v) is 15.2. The first-order valence-electron chi connectivity index (χ1n) is 32.8. The van der Waals surface area contributed by atoms with Crippen molar-refractivity contribution in [1.29, 1.82) is 0 Å². The van der Waals surface area contributed by atoms with Gasteiger partial charge in [0, 0.05) is 12.8 Å². The van der Waals surface area contributed by atoms with Crippen LogP contribution in [0.4, 0.5) is 0 Å². The van der Waals surface area contributed by atoms with Crippen LogP contribution in [0.1, 0.15) is 354 Å². The molecular weight excluding hydrogens is 899 g/mol. The van der Waals surface area contributed by atoms with E-state index >= 15 is 0 Å². The van der Waals surface area contributed by atoms with E-state index in [-0.39, 0.29) is 18.5 Å². The van der Waals surface area contributed by atoms with Crippen LogP contribution in [0.5, 0.6) is 0 Å². The van der Waals surface area contributed by atoms with E-state index < -0.39 is 12.1 Å². The number of aliphatic hydroxyl groups excluding tert-OH is 2. The molecule has 0 aliphatic carbocycles. The van der Waals surface area contributed by atoms with Crippen molar-refractivity contribution < 1.29 is 24.5 Å². The van der Waals surface area contributed by atoms with Crippen molar-refractivity contribution in [2.24, 2.45) is 0 Å². The zero-order valence-electron chi connectivity index (χ0n) is 49.1. The van der Waals surface area contributed by atoms with E-state index in [0.29, 0.717) is 19.4 Å². The maximum Gasteiger partial charge on any atom is 0.305 e. The minimum Gasteiger partial charge on any atom is -0.466 e. The first-order valence-corrected chi connectivity index (χ1v) is 32.8. The fourth-order valence-electron chi connectivity index (χ4n) is 10.1. The highest BCUT2D eigenvalue weighted by atomic mass is 16.5. The third-order valence-electron chi connectivity index (χ3n) is 15.2. The van der Waals surface area contributed by atoms with Gasteiger partial charge in [-0.3, -0.25) is 9.59 Å². The van der Waals surface area contributed by atoms with Crippen LogP contribution in [-0.4, -0.2) is 47.4 Å². The molecule has 2 unspecified atom stereocenters. The first kappa shape index (κ1) is 71.1. The van der Waals surface area contributed by atoms with Crippen molar-refractivity contribution in [1.82, 2.24) is 5.32 Å². The fraction of sp³-hybridized carbons (Fsp3) is 0.881. The molecule has 0 aliphatic rings. The number of hydrogen-bond donors (Lipinski definition) is 3. The smallest absolute Gasteiger partial charge is 0.305 e. The Balaban J connectivity index is 3.42. The van der Waals surface area contributed by atoms with Gasteiger partial charge in [0.1, 0.15) is 0 Å². The molecule has 6 nitrogen and oxygen atoms in total. The lowest BCUT2D eigenvalue weighted by Crippen LogP contribution is -2.45. The van der Waals surface area contributed by atoms with E-state index in [0.717, 1.165) is 51.4 Å². The Kier molecular flexibility index (Phi) is 61.0. The number of hydrogen-bond acceptors (Lipinski definition) is 5. The van der Waals surface area contributed by atoms with Crippen molar-refractivity contribution in [3.63, 3.8) is 0 Å². The van der Waals surface area contributed by atoms with Crippen molar-refractivity contribution in [2.45, 2.75) is 366 Å². The lowest BCUT2D eigenvalue weighted by Gasteiger charge is -2.20. The number of unbranched alkanes of at least 4 members (excludes halogenated alkanes) is 46. The van der Waals surface area contributed by atoms with Gasteiger partial charge in [0.25, 0.3) is 0 Å². The van der Waals surface area contributed by atoms with Crippen LogP contribution in [0.3, 0.4) is 0 Å². The fourth-order valence-corrected chi connectivity index (χ4v) is 10.1. The molecule has 0 radical (unpaired) electrons. The quantitative estimate of drug-likeness (QED) is 0.0320. The summed E-state index contributed by atoms with van der Waals surface area (Å²) in [5.41, 5.74) is 0. The average Bonchev–Trinajstić information content (AvgIpc) is 3.39. The molecule has 0 bridgehead atoms. The SMILES string of the molecule is CCCCCC/C=C\C/C=C\CCCCCCCCCC(=O)OCCCCCCCCCCCCCCCCCCCCCC(=O)NC(CO)C(O)/C=C/CCCCCCCCCCCCCCCCCCC. The molecule has 0 aromatic carbocycles. The Bertz CT molecular complexity index is 1180. The molecule has 0 heterocycles. The second-order valence-corrected chi connectivity index (χ2v) is 22.5. The highest BCUT2D eigenvalue weighted by molar-refractivity contribution is 5.76. The first-order chi connectivity index (χ1) is 36.0. The van der Waals surface area contributed by atoms with Gasteiger partial charge in [-0.1, -0.05) is 314 Å². The number of amides is 1. The molecule has 3 N–H and O–H groups in total. The summed E-state index contributed by atoms with van der Waals surface area (Å²) in [6, 6.07) is -0.631. The summed E-state index contributed by atoms with van der Waals surface area (Å²) in [6.07, 6.45) is 79.0. The summed E-state index contributed by atoms with van der Waals surface area (Å²) in [4.78, 5) is 24.6. The predicted molar refractivity (Wildman–Crippen MR) is 319 cm³/mol. The number of esters is 1. The van der Waals surface area contributed by atoms with Gasteiger partial charge in [0.05, 0.1) is 25.4 Å². The normalized spacial score (nSPS) is 12.8. The number of rotatable bonds is 61. The monoisotopic (exact) mass is 1030 g/mol. The van der Waals surface area contributed by atoms with E-state index in [1.165, 1.54) is 276 Å². The number of carbonyl (C=O) groups is 2. The number of carbonyl (C=O) groups excluding carboxylic acids is 2. The molecule has 0 aromatic heterocycles. The predicted octanol–water partition coefficient (Wildman–Crippen LogP) is 20.8. The highest BCUT2D eigenvalue weighted by Crippen LogP contribution is 2.18. The lowest BCUT2D eigenvalue weighted by molar-refractivity contribution is -0.143.